The van der Waals surface area contributed by atoms with Gasteiger partial charge in [0.25, 0.3) is 0 Å². The minimum Gasteiger partial charge on any atom is -0.356 e. The van der Waals surface area contributed by atoms with Gasteiger partial charge in [-0.1, -0.05) is 25.0 Å². The molecule has 1 N–H and O–H groups in total. The number of nitrogens with one attached hydrogen (secondary N) is 1. The Bertz CT molecular complexity index is 1070. The molecule has 1 heterocycles. The number of aromatic nitrogens is 2. The summed E-state index contributed by atoms with van der Waals surface area (Å²) in [5.74, 6) is 0.865. The van der Waals surface area contributed by atoms with Crippen LogP contribution in [-0.2, 0) is 27.8 Å². The first kappa shape index (κ1) is 24.5. The highest BCUT2D eigenvalue weighted by atomic mass is 32.2. The van der Waals surface area contributed by atoms with Crippen LogP contribution in [-0.4, -0.2) is 48.8 Å². The summed E-state index contributed by atoms with van der Waals surface area (Å²) in [7, 11) is -0.475. The summed E-state index contributed by atoms with van der Waals surface area (Å²) in [6.07, 6.45) is 11.0. The Morgan fingerprint density at radius 2 is 2.03 bits per heavy atom. The summed E-state index contributed by atoms with van der Waals surface area (Å²) >= 11 is 0. The van der Waals surface area contributed by atoms with Crippen LogP contribution in [0.1, 0.15) is 64.1 Å². The van der Waals surface area contributed by atoms with E-state index in [9.17, 15) is 13.2 Å². The van der Waals surface area contributed by atoms with Crippen LogP contribution in [0.25, 0.3) is 11.0 Å². The fourth-order valence-corrected chi connectivity index (χ4v) is 5.02. The van der Waals surface area contributed by atoms with E-state index >= 15 is 0 Å². The first-order chi connectivity index (χ1) is 15.3. The van der Waals surface area contributed by atoms with Crippen molar-refractivity contribution < 1.29 is 13.2 Å². The van der Waals surface area contributed by atoms with Crippen molar-refractivity contribution in [2.75, 3.05) is 20.6 Å². The number of sulfonamides is 1. The zero-order valence-electron chi connectivity index (χ0n) is 19.6. The molecular formula is C24H36N4O3S. The van der Waals surface area contributed by atoms with Gasteiger partial charge in [0.1, 0.15) is 5.82 Å². The van der Waals surface area contributed by atoms with E-state index in [-0.39, 0.29) is 10.8 Å². The van der Waals surface area contributed by atoms with Gasteiger partial charge in [0.15, 0.2) is 0 Å². The zero-order chi connectivity index (χ0) is 23.1. The van der Waals surface area contributed by atoms with Gasteiger partial charge in [-0.25, -0.2) is 17.7 Å². The third kappa shape index (κ3) is 5.98. The first-order valence-electron chi connectivity index (χ1n) is 11.7. The number of hydrogen-bond acceptors (Lipinski definition) is 4. The second-order valence-electron chi connectivity index (χ2n) is 8.68. The maximum atomic E-state index is 12.5. The van der Waals surface area contributed by atoms with Gasteiger partial charge in [-0.2, -0.15) is 0 Å². The number of benzene rings is 1. The zero-order valence-corrected chi connectivity index (χ0v) is 20.4. The number of rotatable bonds is 11. The molecule has 0 spiro atoms. The van der Waals surface area contributed by atoms with Crippen LogP contribution in [0.4, 0.5) is 0 Å². The molecule has 176 valence electrons. The van der Waals surface area contributed by atoms with Crippen LogP contribution in [0.15, 0.2) is 34.7 Å². The molecule has 1 aromatic carbocycles. The molecule has 1 aliphatic rings. The van der Waals surface area contributed by atoms with Crippen molar-refractivity contribution in [2.24, 2.45) is 0 Å². The quantitative estimate of drug-likeness (QED) is 0.513. The molecule has 0 saturated heterocycles. The van der Waals surface area contributed by atoms with Gasteiger partial charge in [0, 0.05) is 40.0 Å². The van der Waals surface area contributed by atoms with E-state index in [1.165, 1.54) is 36.8 Å². The first-order valence-corrected chi connectivity index (χ1v) is 13.1. The number of imidazole rings is 1. The second-order valence-corrected chi connectivity index (χ2v) is 10.8. The molecule has 0 bridgehead atoms. The lowest BCUT2D eigenvalue weighted by atomic mass is 9.97. The average Bonchev–Trinajstić information content (AvgIpc) is 3.13. The van der Waals surface area contributed by atoms with Crippen LogP contribution in [0.2, 0.25) is 0 Å². The fraction of sp³-hybridized carbons (Fsp3) is 0.583. The Hall–Kier alpha value is -2.19. The highest BCUT2D eigenvalue weighted by molar-refractivity contribution is 7.89. The van der Waals surface area contributed by atoms with Crippen molar-refractivity contribution in [1.82, 2.24) is 19.2 Å². The van der Waals surface area contributed by atoms with Gasteiger partial charge in [0.05, 0.1) is 15.9 Å². The Labute approximate surface area is 191 Å². The molecule has 0 fully saturated rings. The molecule has 8 heteroatoms. The predicted octanol–water partition coefficient (Wildman–Crippen LogP) is 4.03. The minimum absolute atomic E-state index is 0.0337. The molecule has 7 nitrogen and oxygen atoms in total. The van der Waals surface area contributed by atoms with Crippen LogP contribution >= 0.6 is 0 Å². The summed E-state index contributed by atoms with van der Waals surface area (Å²) in [4.78, 5) is 17.4. The number of carbonyl (C=O) groups excluding carboxylic acids is 1. The maximum absolute atomic E-state index is 12.5. The van der Waals surface area contributed by atoms with Crippen LogP contribution in [0.3, 0.4) is 0 Å². The molecule has 2 aromatic rings. The van der Waals surface area contributed by atoms with Gasteiger partial charge >= 0.3 is 0 Å². The van der Waals surface area contributed by atoms with Crippen LogP contribution < -0.4 is 5.32 Å². The van der Waals surface area contributed by atoms with Crippen molar-refractivity contribution >= 4 is 27.0 Å². The molecule has 1 aromatic heterocycles. The molecule has 0 radical (unpaired) electrons. The number of carbonyl (C=O) groups is 1. The lowest BCUT2D eigenvalue weighted by molar-refractivity contribution is -0.121. The standard InChI is InChI=1S/C24H36N4O3S/c1-4-5-17-28-22-12-11-20(32(30,31)27(2)3)18-21(22)26-23(28)13-14-24(29)25-16-15-19-9-7-6-8-10-19/h9,11-12,18H,4-8,10,13-17H2,1-3H3,(H,25,29). The lowest BCUT2D eigenvalue weighted by Crippen LogP contribution is -2.25. The molecule has 1 aliphatic carbocycles. The predicted molar refractivity (Wildman–Crippen MR) is 128 cm³/mol. The van der Waals surface area contributed by atoms with Crippen molar-refractivity contribution in [3.8, 4) is 0 Å². The average molecular weight is 461 g/mol. The van der Waals surface area contributed by atoms with E-state index in [2.05, 4.69) is 22.9 Å². The Kier molecular flexibility index (Phi) is 8.48. The topological polar surface area (TPSA) is 84.3 Å². The Balaban J connectivity index is 1.69. The smallest absolute Gasteiger partial charge is 0.242 e. The number of allylic oxidation sites excluding steroid dienone is 1. The van der Waals surface area contributed by atoms with Crippen LogP contribution in [0.5, 0.6) is 0 Å². The largest absolute Gasteiger partial charge is 0.356 e. The maximum Gasteiger partial charge on any atom is 0.242 e. The number of unbranched alkanes of at least 4 members (excludes halogenated alkanes) is 1. The molecule has 0 atom stereocenters. The van der Waals surface area contributed by atoms with E-state index in [1.54, 1.807) is 12.1 Å². The van der Waals surface area contributed by atoms with Crippen molar-refractivity contribution in [2.45, 2.75) is 76.2 Å². The molecule has 1 amide bonds. The fourth-order valence-electron chi connectivity index (χ4n) is 4.10. The number of amides is 1. The molecule has 3 rings (SSSR count). The Morgan fingerprint density at radius 1 is 1.22 bits per heavy atom. The number of aryl methyl sites for hydroxylation is 2. The molecule has 32 heavy (non-hydrogen) atoms. The minimum atomic E-state index is -3.52. The monoisotopic (exact) mass is 460 g/mol. The lowest BCUT2D eigenvalue weighted by Gasteiger charge is -2.13. The van der Waals surface area contributed by atoms with Crippen molar-refractivity contribution in [3.05, 3.63) is 35.7 Å². The van der Waals surface area contributed by atoms with Gasteiger partial charge < -0.3 is 9.88 Å². The van der Waals surface area contributed by atoms with Gasteiger partial charge in [-0.15, -0.1) is 0 Å². The summed E-state index contributed by atoms with van der Waals surface area (Å²) in [5, 5.41) is 3.04. The van der Waals surface area contributed by atoms with Gasteiger partial charge in [0.2, 0.25) is 15.9 Å². The third-order valence-electron chi connectivity index (χ3n) is 6.04. The van der Waals surface area contributed by atoms with Gasteiger partial charge in [-0.05, 0) is 56.7 Å². The number of nitrogens with zero attached hydrogens (tertiary/aromatic N) is 3. The molecular weight excluding hydrogens is 424 g/mol. The third-order valence-corrected chi connectivity index (χ3v) is 7.85. The summed E-state index contributed by atoms with van der Waals surface area (Å²) in [5.41, 5.74) is 3.03. The molecule has 0 aliphatic heterocycles. The summed E-state index contributed by atoms with van der Waals surface area (Å²) < 4.78 is 28.3. The normalized spacial score (nSPS) is 14.7. The van der Waals surface area contributed by atoms with E-state index in [0.717, 1.165) is 50.0 Å². The summed E-state index contributed by atoms with van der Waals surface area (Å²) in [6.45, 7) is 3.62. The van der Waals surface area contributed by atoms with E-state index in [1.807, 2.05) is 6.07 Å². The van der Waals surface area contributed by atoms with Crippen LogP contribution in [0, 0.1) is 0 Å². The van der Waals surface area contributed by atoms with Gasteiger partial charge in [-0.3, -0.25) is 4.79 Å². The highest BCUT2D eigenvalue weighted by Gasteiger charge is 2.20. The van der Waals surface area contributed by atoms with E-state index < -0.39 is 10.0 Å². The second kappa shape index (κ2) is 11.1. The molecule has 0 saturated carbocycles. The number of hydrogen-bond donors (Lipinski definition) is 1. The van der Waals surface area contributed by atoms with Crippen molar-refractivity contribution in [1.29, 1.82) is 0 Å². The SMILES string of the molecule is CCCCn1c(CCC(=O)NCCC2=CCCCC2)nc2cc(S(=O)(=O)N(C)C)ccc21. The van der Waals surface area contributed by atoms with Crippen molar-refractivity contribution in [3.63, 3.8) is 0 Å². The molecule has 0 unspecified atom stereocenters. The van der Waals surface area contributed by atoms with E-state index in [0.29, 0.717) is 24.9 Å². The Morgan fingerprint density at radius 3 is 2.72 bits per heavy atom. The highest BCUT2D eigenvalue weighted by Crippen LogP contribution is 2.23. The number of fused-ring (bicyclic) bond motifs is 1. The summed E-state index contributed by atoms with van der Waals surface area (Å²) in [6, 6.07) is 5.10. The van der Waals surface area contributed by atoms with E-state index in [4.69, 9.17) is 4.98 Å².